The van der Waals surface area contributed by atoms with Gasteiger partial charge in [0.2, 0.25) is 0 Å². The second kappa shape index (κ2) is 19.2. The summed E-state index contributed by atoms with van der Waals surface area (Å²) in [6, 6.07) is 0. The monoisotopic (exact) mass is 280 g/mol. The first-order chi connectivity index (χ1) is 8.77. The molecule has 19 heavy (non-hydrogen) atoms. The molecule has 1 atom stereocenters. The van der Waals surface area contributed by atoms with Crippen molar-refractivity contribution in [2.45, 2.75) is 65.4 Å². The number of carbonyl (C=O) groups is 2. The molecule has 0 saturated carbocycles. The standard InChI is InChI=1S/C9H20O2.2C2H4O2/c1-2-3-4-5-6-9(11)7-8-10;2*1-2(3)4/h9-11H,2-8H2,1H3;2*1H3,(H,3,4). The minimum atomic E-state index is -0.833. The smallest absolute Gasteiger partial charge is 0.300 e. The second-order valence-electron chi connectivity index (χ2n) is 4.05. The molecule has 0 heterocycles. The molecule has 0 rings (SSSR count). The lowest BCUT2D eigenvalue weighted by Gasteiger charge is -2.07. The minimum absolute atomic E-state index is 0.106. The highest BCUT2D eigenvalue weighted by Crippen LogP contribution is 2.07. The van der Waals surface area contributed by atoms with E-state index in [1.807, 2.05) is 0 Å². The summed E-state index contributed by atoms with van der Waals surface area (Å²) in [6.45, 7) is 4.44. The van der Waals surface area contributed by atoms with Gasteiger partial charge in [0, 0.05) is 20.5 Å². The molecular weight excluding hydrogens is 252 g/mol. The van der Waals surface area contributed by atoms with Gasteiger partial charge in [-0.2, -0.15) is 0 Å². The molecule has 0 bridgehead atoms. The fourth-order valence-corrected chi connectivity index (χ4v) is 1.10. The summed E-state index contributed by atoms with van der Waals surface area (Å²) >= 11 is 0. The Balaban J connectivity index is -0.000000264. The van der Waals surface area contributed by atoms with E-state index in [2.05, 4.69) is 6.92 Å². The lowest BCUT2D eigenvalue weighted by atomic mass is 10.1. The van der Waals surface area contributed by atoms with Gasteiger partial charge in [-0.05, 0) is 12.8 Å². The first kappa shape index (κ1) is 23.0. The third kappa shape index (κ3) is 60.3. The second-order valence-corrected chi connectivity index (χ2v) is 4.05. The van der Waals surface area contributed by atoms with Gasteiger partial charge in [-0.3, -0.25) is 9.59 Å². The topological polar surface area (TPSA) is 115 Å². The summed E-state index contributed by atoms with van der Waals surface area (Å²) < 4.78 is 0. The van der Waals surface area contributed by atoms with Crippen molar-refractivity contribution in [3.8, 4) is 0 Å². The summed E-state index contributed by atoms with van der Waals surface area (Å²) in [5.41, 5.74) is 0. The van der Waals surface area contributed by atoms with E-state index >= 15 is 0 Å². The van der Waals surface area contributed by atoms with E-state index < -0.39 is 11.9 Å². The van der Waals surface area contributed by atoms with Gasteiger partial charge in [-0.1, -0.05) is 32.6 Å². The van der Waals surface area contributed by atoms with Crippen molar-refractivity contribution >= 4 is 11.9 Å². The lowest BCUT2D eigenvalue weighted by molar-refractivity contribution is -0.135. The zero-order chi connectivity index (χ0) is 15.7. The van der Waals surface area contributed by atoms with E-state index in [0.717, 1.165) is 26.7 Å². The molecule has 6 heteroatoms. The van der Waals surface area contributed by atoms with Gasteiger partial charge < -0.3 is 20.4 Å². The summed E-state index contributed by atoms with van der Waals surface area (Å²) in [7, 11) is 0. The zero-order valence-electron chi connectivity index (χ0n) is 12.1. The molecular formula is C13H28O6. The molecule has 0 aromatic rings. The molecule has 0 amide bonds. The van der Waals surface area contributed by atoms with Crippen LogP contribution in [0.1, 0.15) is 59.3 Å². The van der Waals surface area contributed by atoms with Gasteiger partial charge in [0.1, 0.15) is 0 Å². The van der Waals surface area contributed by atoms with Crippen LogP contribution in [0.25, 0.3) is 0 Å². The quantitative estimate of drug-likeness (QED) is 0.529. The molecule has 0 fully saturated rings. The van der Waals surface area contributed by atoms with Crippen LogP contribution >= 0.6 is 0 Å². The summed E-state index contributed by atoms with van der Waals surface area (Å²) in [6.07, 6.45) is 5.89. The van der Waals surface area contributed by atoms with Gasteiger partial charge in [0.05, 0.1) is 6.10 Å². The van der Waals surface area contributed by atoms with Crippen LogP contribution < -0.4 is 0 Å². The van der Waals surface area contributed by atoms with E-state index in [4.69, 9.17) is 24.9 Å². The fourth-order valence-electron chi connectivity index (χ4n) is 1.10. The van der Waals surface area contributed by atoms with Gasteiger partial charge in [0.15, 0.2) is 0 Å². The Labute approximate surface area is 115 Å². The van der Waals surface area contributed by atoms with Crippen molar-refractivity contribution in [2.75, 3.05) is 6.61 Å². The third-order valence-corrected chi connectivity index (χ3v) is 1.85. The number of unbranched alkanes of at least 4 members (excludes halogenated alkanes) is 3. The Bertz CT molecular complexity index is 185. The Morgan fingerprint density at radius 3 is 1.68 bits per heavy atom. The van der Waals surface area contributed by atoms with Crippen molar-refractivity contribution in [3.05, 3.63) is 0 Å². The molecule has 0 aliphatic carbocycles. The van der Waals surface area contributed by atoms with E-state index in [1.54, 1.807) is 0 Å². The largest absolute Gasteiger partial charge is 0.481 e. The highest BCUT2D eigenvalue weighted by Gasteiger charge is 2.01. The maximum Gasteiger partial charge on any atom is 0.300 e. The number of rotatable bonds is 7. The molecule has 0 aromatic carbocycles. The van der Waals surface area contributed by atoms with Crippen LogP contribution in [0.2, 0.25) is 0 Å². The van der Waals surface area contributed by atoms with Crippen molar-refractivity contribution in [1.29, 1.82) is 0 Å². The van der Waals surface area contributed by atoms with Gasteiger partial charge in [-0.15, -0.1) is 0 Å². The number of aliphatic hydroxyl groups is 2. The first-order valence-electron chi connectivity index (χ1n) is 6.45. The Morgan fingerprint density at radius 1 is 0.947 bits per heavy atom. The maximum atomic E-state index is 9.19. The van der Waals surface area contributed by atoms with Crippen LogP contribution in [0.15, 0.2) is 0 Å². The summed E-state index contributed by atoms with van der Waals surface area (Å²) in [4.78, 5) is 18.0. The molecule has 0 aliphatic rings. The number of aliphatic carboxylic acids is 2. The Morgan fingerprint density at radius 2 is 1.37 bits per heavy atom. The van der Waals surface area contributed by atoms with E-state index in [9.17, 15) is 5.11 Å². The van der Waals surface area contributed by atoms with Crippen LogP contribution in [0.3, 0.4) is 0 Å². The van der Waals surface area contributed by atoms with Crippen LogP contribution in [0.5, 0.6) is 0 Å². The van der Waals surface area contributed by atoms with E-state index in [0.29, 0.717) is 6.42 Å². The molecule has 0 aromatic heterocycles. The molecule has 1 unspecified atom stereocenters. The van der Waals surface area contributed by atoms with Crippen LogP contribution in [-0.2, 0) is 9.59 Å². The Hall–Kier alpha value is -1.14. The third-order valence-electron chi connectivity index (χ3n) is 1.85. The van der Waals surface area contributed by atoms with Crippen molar-refractivity contribution in [1.82, 2.24) is 0 Å². The van der Waals surface area contributed by atoms with Crippen molar-refractivity contribution in [3.63, 3.8) is 0 Å². The molecule has 4 N–H and O–H groups in total. The maximum absolute atomic E-state index is 9.19. The number of carboxylic acid groups (broad SMARTS) is 2. The average Bonchev–Trinajstić information content (AvgIpc) is 2.23. The van der Waals surface area contributed by atoms with Gasteiger partial charge in [-0.25, -0.2) is 0 Å². The number of aliphatic hydroxyl groups excluding tert-OH is 2. The molecule has 0 radical (unpaired) electrons. The SMILES string of the molecule is CC(=O)O.CC(=O)O.CCCCCCC(O)CCO. The fraction of sp³-hybridized carbons (Fsp3) is 0.846. The first-order valence-corrected chi connectivity index (χ1v) is 6.45. The molecule has 6 nitrogen and oxygen atoms in total. The van der Waals surface area contributed by atoms with Crippen LogP contribution in [0, 0.1) is 0 Å². The normalized spacial score (nSPS) is 10.4. The van der Waals surface area contributed by atoms with Crippen molar-refractivity contribution < 1.29 is 30.0 Å². The predicted molar refractivity (Wildman–Crippen MR) is 73.1 cm³/mol. The Kier molecular flexibility index (Phi) is 23.2. The van der Waals surface area contributed by atoms with Crippen molar-refractivity contribution in [2.24, 2.45) is 0 Å². The minimum Gasteiger partial charge on any atom is -0.481 e. The summed E-state index contributed by atoms with van der Waals surface area (Å²) in [5.74, 6) is -1.67. The predicted octanol–water partition coefficient (Wildman–Crippen LogP) is 1.88. The molecule has 116 valence electrons. The van der Waals surface area contributed by atoms with E-state index in [1.165, 1.54) is 19.3 Å². The number of carboxylic acids is 2. The molecule has 0 spiro atoms. The molecule has 0 aliphatic heterocycles. The number of hydrogen-bond donors (Lipinski definition) is 4. The summed E-state index contributed by atoms with van der Waals surface area (Å²) in [5, 5.41) is 32.5. The van der Waals surface area contributed by atoms with E-state index in [-0.39, 0.29) is 12.7 Å². The molecule has 0 saturated heterocycles. The van der Waals surface area contributed by atoms with Gasteiger partial charge >= 0.3 is 0 Å². The average molecular weight is 280 g/mol. The lowest BCUT2D eigenvalue weighted by Crippen LogP contribution is -2.08. The highest BCUT2D eigenvalue weighted by atomic mass is 16.4. The zero-order valence-corrected chi connectivity index (χ0v) is 12.1. The van der Waals surface area contributed by atoms with Crippen LogP contribution in [-0.4, -0.2) is 45.1 Å². The highest BCUT2D eigenvalue weighted by molar-refractivity contribution is 5.63. The van der Waals surface area contributed by atoms with Crippen LogP contribution in [0.4, 0.5) is 0 Å². The van der Waals surface area contributed by atoms with Gasteiger partial charge in [0.25, 0.3) is 11.9 Å². The number of hydrogen-bond acceptors (Lipinski definition) is 4.